The number of nitrogens with zero attached hydrogens (tertiary/aromatic N) is 2. The van der Waals surface area contributed by atoms with E-state index in [1.807, 2.05) is 37.3 Å². The highest BCUT2D eigenvalue weighted by Crippen LogP contribution is 2.31. The van der Waals surface area contributed by atoms with Crippen LogP contribution in [0.25, 0.3) is 0 Å². The highest BCUT2D eigenvalue weighted by atomic mass is 16.5. The number of para-hydroxylation sites is 1. The summed E-state index contributed by atoms with van der Waals surface area (Å²) in [5, 5.41) is 3.36. The molecule has 3 heterocycles. The largest absolute Gasteiger partial charge is 0.493 e. The first-order valence-electron chi connectivity index (χ1n) is 9.87. The minimum Gasteiger partial charge on any atom is -0.493 e. The Bertz CT molecular complexity index is 813. The van der Waals surface area contributed by atoms with Gasteiger partial charge in [0.1, 0.15) is 17.3 Å². The van der Waals surface area contributed by atoms with Gasteiger partial charge in [-0.1, -0.05) is 18.2 Å². The van der Waals surface area contributed by atoms with E-state index in [0.29, 0.717) is 19.1 Å². The summed E-state index contributed by atoms with van der Waals surface area (Å²) in [5.74, 6) is 3.19. The highest BCUT2D eigenvalue weighted by molar-refractivity contribution is 5.78. The maximum atomic E-state index is 6.25. The molecule has 2 aromatic rings. The van der Waals surface area contributed by atoms with Gasteiger partial charge in [-0.3, -0.25) is 9.89 Å². The number of rotatable bonds is 5. The fraction of sp³-hybridized carbons (Fsp3) is 0.476. The molecular formula is C21H28N4O3. The van der Waals surface area contributed by atoms with Crippen LogP contribution in [0.4, 0.5) is 0 Å². The molecule has 1 saturated heterocycles. The molecule has 2 aliphatic rings. The first-order valence-corrected chi connectivity index (χ1v) is 9.87. The smallest absolute Gasteiger partial charge is 0.189 e. The Morgan fingerprint density at radius 1 is 1.21 bits per heavy atom. The van der Waals surface area contributed by atoms with E-state index >= 15 is 0 Å². The van der Waals surface area contributed by atoms with E-state index < -0.39 is 0 Å². The molecule has 28 heavy (non-hydrogen) atoms. The number of ether oxygens (including phenoxy) is 2. The zero-order valence-corrected chi connectivity index (χ0v) is 16.3. The normalized spacial score (nSPS) is 21.6. The fourth-order valence-corrected chi connectivity index (χ4v) is 3.81. The summed E-state index contributed by atoms with van der Waals surface area (Å²) in [6.07, 6.45) is 0.859. The van der Waals surface area contributed by atoms with Gasteiger partial charge < -0.3 is 24.9 Å². The quantitative estimate of drug-likeness (QED) is 0.608. The van der Waals surface area contributed by atoms with E-state index in [9.17, 15) is 0 Å². The summed E-state index contributed by atoms with van der Waals surface area (Å²) >= 11 is 0. The van der Waals surface area contributed by atoms with Crippen LogP contribution in [0.1, 0.15) is 35.6 Å². The number of hydrogen-bond acceptors (Lipinski definition) is 5. The lowest BCUT2D eigenvalue weighted by Crippen LogP contribution is -2.41. The van der Waals surface area contributed by atoms with E-state index in [2.05, 4.69) is 21.3 Å². The molecule has 0 aliphatic carbocycles. The van der Waals surface area contributed by atoms with E-state index in [1.165, 1.54) is 0 Å². The van der Waals surface area contributed by atoms with Crippen molar-refractivity contribution in [1.29, 1.82) is 0 Å². The molecule has 150 valence electrons. The van der Waals surface area contributed by atoms with Crippen LogP contribution in [0.5, 0.6) is 5.75 Å². The first kappa shape index (κ1) is 18.8. The summed E-state index contributed by atoms with van der Waals surface area (Å²) in [6, 6.07) is 12.3. The van der Waals surface area contributed by atoms with Crippen LogP contribution in [-0.4, -0.2) is 50.3 Å². The molecule has 0 radical (unpaired) electrons. The Labute approximate surface area is 165 Å². The number of hydrogen-bond donors (Lipinski definition) is 2. The van der Waals surface area contributed by atoms with Crippen LogP contribution in [0.2, 0.25) is 0 Å². The molecule has 0 amide bonds. The van der Waals surface area contributed by atoms with Gasteiger partial charge in [0.15, 0.2) is 5.96 Å². The lowest BCUT2D eigenvalue weighted by molar-refractivity contribution is 0.0135. The van der Waals surface area contributed by atoms with E-state index in [-0.39, 0.29) is 12.1 Å². The number of benzene rings is 1. The predicted molar refractivity (Wildman–Crippen MR) is 107 cm³/mol. The first-order chi connectivity index (χ1) is 13.7. The maximum absolute atomic E-state index is 6.25. The molecule has 1 aromatic heterocycles. The van der Waals surface area contributed by atoms with Gasteiger partial charge in [-0.15, -0.1) is 0 Å². The third kappa shape index (κ3) is 4.31. The van der Waals surface area contributed by atoms with Crippen LogP contribution in [0, 0.1) is 6.92 Å². The molecule has 3 N–H and O–H groups in total. The number of morpholine rings is 1. The van der Waals surface area contributed by atoms with Gasteiger partial charge in [0.2, 0.25) is 0 Å². The standard InChI is InChI=1S/C21H28N4O3/c1-15-6-7-20(28-15)18(25-9-12-26-13-10-25)14-23-21(22)24-17-8-11-27-19-5-3-2-4-16(17)19/h2-7,17-18H,8-14H2,1H3,(H3,22,23,24). The second kappa shape index (κ2) is 8.67. The van der Waals surface area contributed by atoms with Crippen molar-refractivity contribution >= 4 is 5.96 Å². The molecule has 2 atom stereocenters. The molecular weight excluding hydrogens is 356 g/mol. The Kier molecular flexibility index (Phi) is 5.83. The monoisotopic (exact) mass is 384 g/mol. The molecule has 2 aliphatic heterocycles. The van der Waals surface area contributed by atoms with Crippen molar-refractivity contribution < 1.29 is 13.9 Å². The number of fused-ring (bicyclic) bond motifs is 1. The van der Waals surface area contributed by atoms with Crippen LogP contribution >= 0.6 is 0 Å². The molecule has 0 bridgehead atoms. The number of guanidine groups is 1. The van der Waals surface area contributed by atoms with E-state index in [1.54, 1.807) is 0 Å². The number of nitrogens with one attached hydrogen (secondary N) is 1. The Hall–Kier alpha value is -2.51. The van der Waals surface area contributed by atoms with Gasteiger partial charge in [-0.2, -0.15) is 0 Å². The summed E-state index contributed by atoms with van der Waals surface area (Å²) in [4.78, 5) is 7.00. The number of nitrogens with two attached hydrogens (primary N) is 1. The second-order valence-corrected chi connectivity index (χ2v) is 7.21. The van der Waals surface area contributed by atoms with E-state index in [0.717, 1.165) is 55.6 Å². The van der Waals surface area contributed by atoms with Crippen LogP contribution in [0.3, 0.4) is 0 Å². The summed E-state index contributed by atoms with van der Waals surface area (Å²) in [5.41, 5.74) is 7.37. The van der Waals surface area contributed by atoms with Gasteiger partial charge in [0.25, 0.3) is 0 Å². The van der Waals surface area contributed by atoms with Gasteiger partial charge in [-0.25, -0.2) is 0 Å². The Morgan fingerprint density at radius 2 is 2.04 bits per heavy atom. The molecule has 2 unspecified atom stereocenters. The number of aliphatic imine (C=N–C) groups is 1. The van der Waals surface area contributed by atoms with Crippen molar-refractivity contribution in [2.24, 2.45) is 10.7 Å². The maximum Gasteiger partial charge on any atom is 0.189 e. The molecule has 4 rings (SSSR count). The summed E-state index contributed by atoms with van der Waals surface area (Å²) < 4.78 is 17.1. The molecule has 1 aromatic carbocycles. The van der Waals surface area contributed by atoms with Gasteiger partial charge in [-0.05, 0) is 25.1 Å². The van der Waals surface area contributed by atoms with Crippen LogP contribution < -0.4 is 15.8 Å². The topological polar surface area (TPSA) is 85.2 Å². The van der Waals surface area contributed by atoms with Gasteiger partial charge in [0, 0.05) is 25.1 Å². The lowest BCUT2D eigenvalue weighted by atomic mass is 10.0. The van der Waals surface area contributed by atoms with Crippen molar-refractivity contribution in [1.82, 2.24) is 10.2 Å². The van der Waals surface area contributed by atoms with Crippen LogP contribution in [0.15, 0.2) is 45.8 Å². The van der Waals surface area contributed by atoms with Crippen molar-refractivity contribution in [3.05, 3.63) is 53.5 Å². The van der Waals surface area contributed by atoms with Crippen molar-refractivity contribution in [2.45, 2.75) is 25.4 Å². The summed E-state index contributed by atoms with van der Waals surface area (Å²) in [6.45, 7) is 6.35. The van der Waals surface area contributed by atoms with Crippen molar-refractivity contribution in [2.75, 3.05) is 39.5 Å². The lowest BCUT2D eigenvalue weighted by Gasteiger charge is -2.32. The Balaban J connectivity index is 1.46. The second-order valence-electron chi connectivity index (χ2n) is 7.21. The molecule has 0 saturated carbocycles. The highest BCUT2D eigenvalue weighted by Gasteiger charge is 2.26. The fourth-order valence-electron chi connectivity index (χ4n) is 3.81. The zero-order valence-electron chi connectivity index (χ0n) is 16.3. The molecule has 1 fully saturated rings. The minimum absolute atomic E-state index is 0.0555. The van der Waals surface area contributed by atoms with Gasteiger partial charge in [0.05, 0.1) is 38.4 Å². The number of furan rings is 1. The van der Waals surface area contributed by atoms with Crippen molar-refractivity contribution in [3.63, 3.8) is 0 Å². The molecule has 7 nitrogen and oxygen atoms in total. The van der Waals surface area contributed by atoms with Gasteiger partial charge >= 0.3 is 0 Å². The average Bonchev–Trinajstić information content (AvgIpc) is 3.15. The molecule has 0 spiro atoms. The average molecular weight is 384 g/mol. The van der Waals surface area contributed by atoms with Crippen molar-refractivity contribution in [3.8, 4) is 5.75 Å². The predicted octanol–water partition coefficient (Wildman–Crippen LogP) is 2.39. The zero-order chi connectivity index (χ0) is 19.3. The summed E-state index contributed by atoms with van der Waals surface area (Å²) in [7, 11) is 0. The molecule has 7 heteroatoms. The third-order valence-electron chi connectivity index (χ3n) is 5.29. The third-order valence-corrected chi connectivity index (χ3v) is 5.29. The van der Waals surface area contributed by atoms with E-state index in [4.69, 9.17) is 19.6 Å². The van der Waals surface area contributed by atoms with Crippen LogP contribution in [-0.2, 0) is 4.74 Å². The SMILES string of the molecule is Cc1ccc(C(CN=C(N)NC2CCOc3ccccc32)N2CCOCC2)o1. The number of aryl methyl sites for hydroxylation is 1. The minimum atomic E-state index is 0.0555. The Morgan fingerprint density at radius 3 is 2.82 bits per heavy atom.